The third kappa shape index (κ3) is 5.34. The lowest BCUT2D eigenvalue weighted by atomic mass is 10.1. The lowest BCUT2D eigenvalue weighted by Gasteiger charge is -2.31. The van der Waals surface area contributed by atoms with E-state index < -0.39 is 10.0 Å². The van der Waals surface area contributed by atoms with Gasteiger partial charge in [-0.2, -0.15) is 0 Å². The van der Waals surface area contributed by atoms with Gasteiger partial charge in [0.1, 0.15) is 4.90 Å². The summed E-state index contributed by atoms with van der Waals surface area (Å²) in [5.41, 5.74) is 4.37. The molecule has 1 amide bonds. The first-order valence-corrected chi connectivity index (χ1v) is 14.3. The summed E-state index contributed by atoms with van der Waals surface area (Å²) in [6.07, 6.45) is 1.33. The van der Waals surface area contributed by atoms with Crippen LogP contribution in [0.15, 0.2) is 89.0 Å². The molecule has 1 N–H and O–H groups in total. The number of carbonyl (C=O) groups excluding carboxylic acids is 1. The van der Waals surface area contributed by atoms with Crippen molar-refractivity contribution >= 4 is 45.0 Å². The maximum absolute atomic E-state index is 13.6. The van der Waals surface area contributed by atoms with Gasteiger partial charge < -0.3 is 5.32 Å². The standard InChI is InChI=1S/C27H23ClN4O3S2/c1-18-7-6-8-19(13-18)16-32-23-12-5-3-10-21(23)26-24(37(32,34)35)15-30-27(31-26)36-17-25(33)29-14-20-9-2-4-11-22(20)28/h2-13,15H,14,16-17H2,1H3,(H,29,33). The Bertz CT molecular complexity index is 1590. The van der Waals surface area contributed by atoms with Gasteiger partial charge in [0.2, 0.25) is 5.91 Å². The number of para-hydroxylation sites is 1. The van der Waals surface area contributed by atoms with Gasteiger partial charge in [-0.05, 0) is 30.2 Å². The van der Waals surface area contributed by atoms with Gasteiger partial charge in [0.05, 0.1) is 29.9 Å². The van der Waals surface area contributed by atoms with Gasteiger partial charge in [-0.15, -0.1) is 0 Å². The van der Waals surface area contributed by atoms with Crippen LogP contribution in [0.25, 0.3) is 11.3 Å². The largest absolute Gasteiger partial charge is 0.351 e. The van der Waals surface area contributed by atoms with Gasteiger partial charge in [0, 0.05) is 17.1 Å². The van der Waals surface area contributed by atoms with Gasteiger partial charge in [0.15, 0.2) is 5.16 Å². The second-order valence-corrected chi connectivity index (χ2v) is 11.7. The van der Waals surface area contributed by atoms with Gasteiger partial charge >= 0.3 is 0 Å². The molecule has 2 heterocycles. The van der Waals surface area contributed by atoms with E-state index in [9.17, 15) is 13.2 Å². The van der Waals surface area contributed by atoms with Crippen molar-refractivity contribution in [3.05, 3.63) is 101 Å². The number of rotatable bonds is 7. The lowest BCUT2D eigenvalue weighted by Crippen LogP contribution is -2.34. The van der Waals surface area contributed by atoms with Gasteiger partial charge in [-0.1, -0.05) is 89.6 Å². The molecular weight excluding hydrogens is 528 g/mol. The van der Waals surface area contributed by atoms with E-state index in [1.165, 1.54) is 10.5 Å². The molecule has 0 saturated heterocycles. The Balaban J connectivity index is 1.37. The molecule has 7 nitrogen and oxygen atoms in total. The van der Waals surface area contributed by atoms with E-state index in [1.807, 2.05) is 67.6 Å². The molecule has 1 aliphatic rings. The lowest BCUT2D eigenvalue weighted by molar-refractivity contribution is -0.118. The van der Waals surface area contributed by atoms with E-state index in [0.717, 1.165) is 28.5 Å². The number of anilines is 1. The van der Waals surface area contributed by atoms with E-state index in [0.29, 0.717) is 33.7 Å². The second kappa shape index (κ2) is 10.5. The molecule has 0 aliphatic carbocycles. The number of fused-ring (bicyclic) bond motifs is 3. The highest BCUT2D eigenvalue weighted by molar-refractivity contribution is 7.99. The Hall–Kier alpha value is -3.40. The summed E-state index contributed by atoms with van der Waals surface area (Å²) in [5, 5.41) is 3.74. The molecular formula is C27H23ClN4O3S2. The van der Waals surface area contributed by atoms with Gasteiger partial charge in [-0.3, -0.25) is 9.10 Å². The average Bonchev–Trinajstić information content (AvgIpc) is 2.89. The summed E-state index contributed by atoms with van der Waals surface area (Å²) in [7, 11) is -3.89. The summed E-state index contributed by atoms with van der Waals surface area (Å²) in [6, 6.07) is 22.4. The topological polar surface area (TPSA) is 92.3 Å². The fraction of sp³-hybridized carbons (Fsp3) is 0.148. The Morgan fingerprint density at radius 3 is 2.65 bits per heavy atom. The number of amides is 1. The molecule has 4 aromatic rings. The number of carbonyl (C=O) groups is 1. The van der Waals surface area contributed by atoms with Crippen LogP contribution in [-0.4, -0.2) is 30.0 Å². The summed E-state index contributed by atoms with van der Waals surface area (Å²) < 4.78 is 28.7. The van der Waals surface area contributed by atoms with Crippen molar-refractivity contribution in [2.75, 3.05) is 10.1 Å². The predicted octanol–water partition coefficient (Wildman–Crippen LogP) is 5.22. The number of thioether (sulfide) groups is 1. The zero-order valence-electron chi connectivity index (χ0n) is 19.9. The minimum absolute atomic E-state index is 0.0476. The molecule has 1 aliphatic heterocycles. The third-order valence-corrected chi connectivity index (χ3v) is 8.89. The van der Waals surface area contributed by atoms with Crippen LogP contribution < -0.4 is 9.62 Å². The molecule has 188 valence electrons. The van der Waals surface area contributed by atoms with Crippen molar-refractivity contribution < 1.29 is 13.2 Å². The van der Waals surface area contributed by atoms with Crippen molar-refractivity contribution in [2.45, 2.75) is 30.1 Å². The molecule has 10 heteroatoms. The average molecular weight is 551 g/mol. The molecule has 0 fully saturated rings. The van der Waals surface area contributed by atoms with Crippen LogP contribution in [0, 0.1) is 6.92 Å². The van der Waals surface area contributed by atoms with Crippen molar-refractivity contribution in [3.63, 3.8) is 0 Å². The molecule has 5 rings (SSSR count). The van der Waals surface area contributed by atoms with Gasteiger partial charge in [0.25, 0.3) is 10.0 Å². The fourth-order valence-corrected chi connectivity index (χ4v) is 6.52. The zero-order chi connectivity index (χ0) is 26.0. The van der Waals surface area contributed by atoms with E-state index >= 15 is 0 Å². The number of halogens is 1. The fourth-order valence-electron chi connectivity index (χ4n) is 4.11. The Morgan fingerprint density at radius 1 is 1.05 bits per heavy atom. The highest BCUT2D eigenvalue weighted by Gasteiger charge is 2.36. The number of nitrogens with one attached hydrogen (secondary N) is 1. The monoisotopic (exact) mass is 550 g/mol. The first kappa shape index (κ1) is 25.3. The number of hydrogen-bond donors (Lipinski definition) is 1. The Labute approximate surface area is 225 Å². The highest BCUT2D eigenvalue weighted by Crippen LogP contribution is 2.42. The summed E-state index contributed by atoms with van der Waals surface area (Å²) in [6.45, 7) is 2.48. The van der Waals surface area contributed by atoms with Crippen LogP contribution in [0.4, 0.5) is 5.69 Å². The Morgan fingerprint density at radius 2 is 1.84 bits per heavy atom. The zero-order valence-corrected chi connectivity index (χ0v) is 22.3. The highest BCUT2D eigenvalue weighted by atomic mass is 35.5. The molecule has 0 unspecified atom stereocenters. The first-order valence-electron chi connectivity index (χ1n) is 11.5. The number of benzene rings is 3. The first-order chi connectivity index (χ1) is 17.8. The smallest absolute Gasteiger partial charge is 0.268 e. The van der Waals surface area contributed by atoms with E-state index in [4.69, 9.17) is 11.6 Å². The molecule has 37 heavy (non-hydrogen) atoms. The summed E-state index contributed by atoms with van der Waals surface area (Å²) >= 11 is 7.29. The minimum Gasteiger partial charge on any atom is -0.351 e. The minimum atomic E-state index is -3.89. The predicted molar refractivity (Wildman–Crippen MR) is 146 cm³/mol. The molecule has 0 radical (unpaired) electrons. The van der Waals surface area contributed by atoms with Crippen LogP contribution in [0.1, 0.15) is 16.7 Å². The maximum Gasteiger partial charge on any atom is 0.268 e. The van der Waals surface area contributed by atoms with Crippen LogP contribution in [0.3, 0.4) is 0 Å². The Kier molecular flexibility index (Phi) is 7.19. The quantitative estimate of drug-likeness (QED) is 0.250. The van der Waals surface area contributed by atoms with Crippen LogP contribution in [0.2, 0.25) is 5.02 Å². The summed E-state index contributed by atoms with van der Waals surface area (Å²) in [5.74, 6) is -0.125. The third-order valence-electron chi connectivity index (χ3n) is 5.90. The number of aryl methyl sites for hydroxylation is 1. The van der Waals surface area contributed by atoms with Crippen molar-refractivity contribution in [3.8, 4) is 11.3 Å². The normalized spacial score (nSPS) is 13.5. The van der Waals surface area contributed by atoms with Crippen LogP contribution >= 0.6 is 23.4 Å². The molecule has 0 spiro atoms. The van der Waals surface area contributed by atoms with Gasteiger partial charge in [-0.25, -0.2) is 18.4 Å². The molecule has 3 aromatic carbocycles. The number of nitrogens with zero attached hydrogens (tertiary/aromatic N) is 3. The number of aromatic nitrogens is 2. The second-order valence-electron chi connectivity index (χ2n) is 8.54. The van der Waals surface area contributed by atoms with Crippen LogP contribution in [-0.2, 0) is 27.9 Å². The molecule has 0 atom stereocenters. The van der Waals surface area contributed by atoms with Crippen LogP contribution in [0.5, 0.6) is 0 Å². The molecule has 1 aromatic heterocycles. The van der Waals surface area contributed by atoms with E-state index in [1.54, 1.807) is 12.1 Å². The number of hydrogen-bond acceptors (Lipinski definition) is 6. The molecule has 0 bridgehead atoms. The maximum atomic E-state index is 13.6. The SMILES string of the molecule is Cc1cccc(CN2c3ccccc3-c3nc(SCC(=O)NCc4ccccc4Cl)ncc3S2(=O)=O)c1. The van der Waals surface area contributed by atoms with Crippen molar-refractivity contribution in [1.29, 1.82) is 0 Å². The van der Waals surface area contributed by atoms with E-state index in [2.05, 4.69) is 15.3 Å². The number of sulfonamides is 1. The van der Waals surface area contributed by atoms with E-state index in [-0.39, 0.29) is 23.1 Å². The van der Waals surface area contributed by atoms with Crippen molar-refractivity contribution in [2.24, 2.45) is 0 Å². The van der Waals surface area contributed by atoms with Crippen molar-refractivity contribution in [1.82, 2.24) is 15.3 Å². The molecule has 0 saturated carbocycles. The summed E-state index contributed by atoms with van der Waals surface area (Å²) in [4.78, 5) is 21.3.